The quantitative estimate of drug-likeness (QED) is 0.695. The van der Waals surface area contributed by atoms with E-state index in [1.165, 1.54) is 0 Å². The molecule has 76 valence electrons. The number of alkyl halides is 1. The third-order valence-electron chi connectivity index (χ3n) is 2.23. The summed E-state index contributed by atoms with van der Waals surface area (Å²) in [6.45, 7) is 0. The van der Waals surface area contributed by atoms with Crippen LogP contribution in [-0.4, -0.2) is 0 Å². The molecule has 1 atom stereocenters. The first-order chi connectivity index (χ1) is 7.27. The fraction of sp³-hybridized carbons (Fsp3) is 0.0769. The van der Waals surface area contributed by atoms with E-state index in [2.05, 4.69) is 15.9 Å². The highest BCUT2D eigenvalue weighted by Gasteiger charge is 2.09. The van der Waals surface area contributed by atoms with E-state index in [0.29, 0.717) is 0 Å². The zero-order valence-electron chi connectivity index (χ0n) is 8.03. The zero-order chi connectivity index (χ0) is 10.7. The Balaban J connectivity index is 2.32. The summed E-state index contributed by atoms with van der Waals surface area (Å²) in [4.78, 5) is 0. The maximum atomic E-state index is 6.38. The second-order valence-electron chi connectivity index (χ2n) is 3.33. The minimum atomic E-state index is -0.0799. The van der Waals surface area contributed by atoms with Crippen molar-refractivity contribution < 1.29 is 0 Å². The van der Waals surface area contributed by atoms with Crippen LogP contribution >= 0.6 is 27.5 Å². The van der Waals surface area contributed by atoms with E-state index in [4.69, 9.17) is 11.6 Å². The molecule has 0 aliphatic rings. The van der Waals surface area contributed by atoms with Gasteiger partial charge in [0.2, 0.25) is 0 Å². The van der Waals surface area contributed by atoms with Gasteiger partial charge in [0.15, 0.2) is 0 Å². The summed E-state index contributed by atoms with van der Waals surface area (Å²) in [5.41, 5.74) is 2.23. The standard InChI is InChI=1S/C13H10BrCl/c14-12-8-4-7-11(9-12)13(15)10-5-2-1-3-6-10/h1-9,13H/t13-/m0/s1. The van der Waals surface area contributed by atoms with Crippen LogP contribution in [0.25, 0.3) is 0 Å². The number of hydrogen-bond acceptors (Lipinski definition) is 0. The maximum absolute atomic E-state index is 6.38. The summed E-state index contributed by atoms with van der Waals surface area (Å²) in [7, 11) is 0. The van der Waals surface area contributed by atoms with Gasteiger partial charge in [-0.2, -0.15) is 0 Å². The Hall–Kier alpha value is -0.790. The molecular formula is C13H10BrCl. The van der Waals surface area contributed by atoms with Crippen LogP contribution in [0.5, 0.6) is 0 Å². The van der Waals surface area contributed by atoms with Gasteiger partial charge in [-0.15, -0.1) is 11.6 Å². The molecule has 2 aromatic carbocycles. The molecule has 0 saturated carbocycles. The van der Waals surface area contributed by atoms with E-state index >= 15 is 0 Å². The zero-order valence-corrected chi connectivity index (χ0v) is 10.4. The SMILES string of the molecule is Cl[C@@H](c1ccccc1)c1cccc(Br)c1. The molecule has 0 amide bonds. The summed E-state index contributed by atoms with van der Waals surface area (Å²) in [5.74, 6) is 0. The summed E-state index contributed by atoms with van der Waals surface area (Å²) < 4.78 is 1.06. The summed E-state index contributed by atoms with van der Waals surface area (Å²) in [6.07, 6.45) is 0. The molecule has 0 fully saturated rings. The van der Waals surface area contributed by atoms with Gasteiger partial charge >= 0.3 is 0 Å². The van der Waals surface area contributed by atoms with Crippen LogP contribution in [0.3, 0.4) is 0 Å². The lowest BCUT2D eigenvalue weighted by Crippen LogP contribution is -1.92. The fourth-order valence-corrected chi connectivity index (χ4v) is 2.18. The van der Waals surface area contributed by atoms with Crippen molar-refractivity contribution in [3.05, 3.63) is 70.2 Å². The van der Waals surface area contributed by atoms with Gasteiger partial charge in [0.1, 0.15) is 0 Å². The number of benzene rings is 2. The molecule has 0 saturated heterocycles. The summed E-state index contributed by atoms with van der Waals surface area (Å²) in [5, 5.41) is -0.0799. The van der Waals surface area contributed by atoms with E-state index in [1.807, 2.05) is 54.6 Å². The van der Waals surface area contributed by atoms with E-state index in [-0.39, 0.29) is 5.38 Å². The fourth-order valence-electron chi connectivity index (χ4n) is 1.48. The minimum Gasteiger partial charge on any atom is -0.113 e. The lowest BCUT2D eigenvalue weighted by atomic mass is 10.0. The van der Waals surface area contributed by atoms with Crippen molar-refractivity contribution in [2.24, 2.45) is 0 Å². The Morgan fingerprint density at radius 2 is 1.53 bits per heavy atom. The third kappa shape index (κ3) is 2.61. The minimum absolute atomic E-state index is 0.0799. The number of hydrogen-bond donors (Lipinski definition) is 0. The molecule has 0 aliphatic carbocycles. The highest BCUT2D eigenvalue weighted by molar-refractivity contribution is 9.10. The average Bonchev–Trinajstić information content (AvgIpc) is 2.29. The van der Waals surface area contributed by atoms with Gasteiger partial charge in [-0.1, -0.05) is 58.4 Å². The Bertz CT molecular complexity index is 439. The predicted molar refractivity (Wildman–Crippen MR) is 68.3 cm³/mol. The van der Waals surface area contributed by atoms with Crippen LogP contribution in [0.1, 0.15) is 16.5 Å². The number of halogens is 2. The normalized spacial score (nSPS) is 12.4. The highest BCUT2D eigenvalue weighted by Crippen LogP contribution is 2.29. The molecule has 0 aromatic heterocycles. The van der Waals surface area contributed by atoms with Crippen LogP contribution in [-0.2, 0) is 0 Å². The monoisotopic (exact) mass is 280 g/mol. The molecule has 2 heteroatoms. The molecular weight excluding hydrogens is 271 g/mol. The number of rotatable bonds is 2. The third-order valence-corrected chi connectivity index (χ3v) is 3.23. The second-order valence-corrected chi connectivity index (χ2v) is 4.68. The summed E-state index contributed by atoms with van der Waals surface area (Å²) in [6, 6.07) is 18.2. The van der Waals surface area contributed by atoms with Crippen molar-refractivity contribution in [3.8, 4) is 0 Å². The van der Waals surface area contributed by atoms with Crippen LogP contribution in [0, 0.1) is 0 Å². The van der Waals surface area contributed by atoms with E-state index in [1.54, 1.807) is 0 Å². The van der Waals surface area contributed by atoms with Gasteiger partial charge in [-0.05, 0) is 23.3 Å². The molecule has 0 heterocycles. The Morgan fingerprint density at radius 1 is 0.867 bits per heavy atom. The molecule has 0 aliphatic heterocycles. The first-order valence-corrected chi connectivity index (χ1v) is 5.95. The van der Waals surface area contributed by atoms with E-state index < -0.39 is 0 Å². The maximum Gasteiger partial charge on any atom is 0.0835 e. The van der Waals surface area contributed by atoms with Crippen molar-refractivity contribution >= 4 is 27.5 Å². The lowest BCUT2D eigenvalue weighted by Gasteiger charge is -2.10. The van der Waals surface area contributed by atoms with E-state index in [9.17, 15) is 0 Å². The average molecular weight is 282 g/mol. The molecule has 0 bridgehead atoms. The van der Waals surface area contributed by atoms with Crippen molar-refractivity contribution in [1.29, 1.82) is 0 Å². The molecule has 2 rings (SSSR count). The van der Waals surface area contributed by atoms with Gasteiger partial charge in [0, 0.05) is 4.47 Å². The van der Waals surface area contributed by atoms with Gasteiger partial charge in [-0.25, -0.2) is 0 Å². The molecule has 2 aromatic rings. The Morgan fingerprint density at radius 3 is 2.20 bits per heavy atom. The van der Waals surface area contributed by atoms with Gasteiger partial charge in [0.25, 0.3) is 0 Å². The smallest absolute Gasteiger partial charge is 0.0835 e. The first kappa shape index (κ1) is 10.7. The van der Waals surface area contributed by atoms with Crippen LogP contribution in [0.2, 0.25) is 0 Å². The molecule has 0 radical (unpaired) electrons. The van der Waals surface area contributed by atoms with Crippen LogP contribution in [0.4, 0.5) is 0 Å². The molecule has 0 N–H and O–H groups in total. The molecule has 15 heavy (non-hydrogen) atoms. The largest absolute Gasteiger partial charge is 0.113 e. The molecule has 0 unspecified atom stereocenters. The van der Waals surface area contributed by atoms with Gasteiger partial charge in [-0.3, -0.25) is 0 Å². The topological polar surface area (TPSA) is 0 Å². The molecule has 0 nitrogen and oxygen atoms in total. The Kier molecular flexibility index (Phi) is 3.45. The van der Waals surface area contributed by atoms with Crippen molar-refractivity contribution in [2.45, 2.75) is 5.38 Å². The summed E-state index contributed by atoms with van der Waals surface area (Å²) >= 11 is 9.83. The molecule has 0 spiro atoms. The van der Waals surface area contributed by atoms with Crippen molar-refractivity contribution in [1.82, 2.24) is 0 Å². The highest BCUT2D eigenvalue weighted by atomic mass is 79.9. The second kappa shape index (κ2) is 4.82. The Labute approximate surface area is 103 Å². The first-order valence-electron chi connectivity index (χ1n) is 4.72. The van der Waals surface area contributed by atoms with Gasteiger partial charge < -0.3 is 0 Å². The van der Waals surface area contributed by atoms with Crippen molar-refractivity contribution in [2.75, 3.05) is 0 Å². The van der Waals surface area contributed by atoms with Gasteiger partial charge in [0.05, 0.1) is 5.38 Å². The van der Waals surface area contributed by atoms with Crippen molar-refractivity contribution in [3.63, 3.8) is 0 Å². The predicted octanol–water partition coefficient (Wildman–Crippen LogP) is 4.78. The van der Waals surface area contributed by atoms with Crippen LogP contribution in [0.15, 0.2) is 59.1 Å². The lowest BCUT2D eigenvalue weighted by molar-refractivity contribution is 1.14. The van der Waals surface area contributed by atoms with Crippen LogP contribution < -0.4 is 0 Å². The van der Waals surface area contributed by atoms with E-state index in [0.717, 1.165) is 15.6 Å².